The van der Waals surface area contributed by atoms with Gasteiger partial charge in [0, 0.05) is 24.2 Å². The first-order valence-electron chi connectivity index (χ1n) is 6.16. The number of hydrogen-bond donors (Lipinski definition) is 2. The van der Waals surface area contributed by atoms with E-state index < -0.39 is 0 Å². The number of carbonyl (C=O) groups is 2. The van der Waals surface area contributed by atoms with Gasteiger partial charge in [0.05, 0.1) is 5.92 Å². The molecule has 3 rings (SSSR count). The standard InChI is InChI=1S/C13H12N4O3/c18-11-5-9(6-14-11)12(19)16-10-3-1-8(2-4-10)13-17-15-7-20-13/h1-4,7,9H,5-6H2,(H,14,18)(H,16,19). The number of benzene rings is 1. The van der Waals surface area contributed by atoms with Crippen molar-refractivity contribution in [1.82, 2.24) is 15.5 Å². The van der Waals surface area contributed by atoms with E-state index in [1.54, 1.807) is 24.3 Å². The average Bonchev–Trinajstić information content (AvgIpc) is 3.10. The summed E-state index contributed by atoms with van der Waals surface area (Å²) in [6.45, 7) is 0.394. The Bertz CT molecular complexity index is 622. The zero-order valence-corrected chi connectivity index (χ0v) is 10.5. The summed E-state index contributed by atoms with van der Waals surface area (Å²) in [5.74, 6) is -0.127. The minimum absolute atomic E-state index is 0.0862. The number of aromatic nitrogens is 2. The highest BCUT2D eigenvalue weighted by Crippen LogP contribution is 2.20. The van der Waals surface area contributed by atoms with Crippen LogP contribution >= 0.6 is 0 Å². The zero-order chi connectivity index (χ0) is 13.9. The number of nitrogens with zero attached hydrogens (tertiary/aromatic N) is 2. The number of rotatable bonds is 3. The molecule has 0 aliphatic carbocycles. The van der Waals surface area contributed by atoms with Crippen LogP contribution < -0.4 is 10.6 Å². The lowest BCUT2D eigenvalue weighted by Gasteiger charge is -2.09. The van der Waals surface area contributed by atoms with Gasteiger partial charge in [-0.1, -0.05) is 0 Å². The molecule has 0 saturated carbocycles. The van der Waals surface area contributed by atoms with Crippen LogP contribution in [0.25, 0.3) is 11.5 Å². The van der Waals surface area contributed by atoms with Crippen LogP contribution in [0, 0.1) is 5.92 Å². The molecular formula is C13H12N4O3. The first-order valence-corrected chi connectivity index (χ1v) is 6.16. The molecule has 7 heteroatoms. The highest BCUT2D eigenvalue weighted by atomic mass is 16.4. The smallest absolute Gasteiger partial charge is 0.247 e. The Balaban J connectivity index is 1.66. The van der Waals surface area contributed by atoms with Crippen LogP contribution in [0.15, 0.2) is 35.1 Å². The molecule has 0 radical (unpaired) electrons. The van der Waals surface area contributed by atoms with Gasteiger partial charge in [0.15, 0.2) is 0 Å². The first-order chi connectivity index (χ1) is 9.72. The lowest BCUT2D eigenvalue weighted by molar-refractivity contribution is -0.123. The Hall–Kier alpha value is -2.70. The van der Waals surface area contributed by atoms with Gasteiger partial charge in [-0.05, 0) is 24.3 Å². The maximum Gasteiger partial charge on any atom is 0.247 e. The van der Waals surface area contributed by atoms with Gasteiger partial charge >= 0.3 is 0 Å². The molecule has 1 fully saturated rings. The summed E-state index contributed by atoms with van der Waals surface area (Å²) in [5.41, 5.74) is 1.44. The van der Waals surface area contributed by atoms with Gasteiger partial charge in [0.25, 0.3) is 0 Å². The Kier molecular flexibility index (Phi) is 3.16. The molecule has 1 unspecified atom stereocenters. The number of anilines is 1. The first kappa shape index (κ1) is 12.3. The molecule has 1 aromatic carbocycles. The third-order valence-corrected chi connectivity index (χ3v) is 3.11. The van der Waals surface area contributed by atoms with E-state index in [1.807, 2.05) is 0 Å². The summed E-state index contributed by atoms with van der Waals surface area (Å²) < 4.78 is 5.08. The van der Waals surface area contributed by atoms with Crippen LogP contribution in [-0.2, 0) is 9.59 Å². The topological polar surface area (TPSA) is 97.1 Å². The molecule has 2 aromatic rings. The summed E-state index contributed by atoms with van der Waals surface area (Å²) in [5, 5.41) is 12.8. The fraction of sp³-hybridized carbons (Fsp3) is 0.231. The van der Waals surface area contributed by atoms with Crippen molar-refractivity contribution in [3.05, 3.63) is 30.7 Å². The van der Waals surface area contributed by atoms with E-state index in [2.05, 4.69) is 20.8 Å². The van der Waals surface area contributed by atoms with Crippen molar-refractivity contribution in [3.8, 4) is 11.5 Å². The van der Waals surface area contributed by atoms with Gasteiger partial charge in [-0.3, -0.25) is 9.59 Å². The molecule has 2 N–H and O–H groups in total. The Morgan fingerprint density at radius 3 is 2.75 bits per heavy atom. The SMILES string of the molecule is O=C1CC(C(=O)Nc2ccc(-c3nnco3)cc2)CN1. The van der Waals surface area contributed by atoms with E-state index in [0.717, 1.165) is 5.56 Å². The van der Waals surface area contributed by atoms with Crippen LogP contribution in [0.5, 0.6) is 0 Å². The summed E-state index contributed by atoms with van der Waals surface area (Å²) in [7, 11) is 0. The predicted octanol–water partition coefficient (Wildman–Crippen LogP) is 0.811. The van der Waals surface area contributed by atoms with Gasteiger partial charge in [-0.25, -0.2) is 0 Å². The molecule has 102 valence electrons. The summed E-state index contributed by atoms with van der Waals surface area (Å²) in [4.78, 5) is 23.0. The minimum atomic E-state index is -0.307. The van der Waals surface area contributed by atoms with Gasteiger partial charge in [0.2, 0.25) is 24.1 Å². The summed E-state index contributed by atoms with van der Waals surface area (Å²) in [6.07, 6.45) is 1.50. The molecule has 20 heavy (non-hydrogen) atoms. The van der Waals surface area contributed by atoms with Crippen molar-refractivity contribution in [3.63, 3.8) is 0 Å². The monoisotopic (exact) mass is 272 g/mol. The highest BCUT2D eigenvalue weighted by molar-refractivity contribution is 5.97. The Morgan fingerprint density at radius 1 is 1.35 bits per heavy atom. The molecule has 0 bridgehead atoms. The normalized spacial score (nSPS) is 17.8. The quantitative estimate of drug-likeness (QED) is 0.861. The van der Waals surface area contributed by atoms with E-state index in [-0.39, 0.29) is 24.2 Å². The van der Waals surface area contributed by atoms with Gasteiger partial charge in [-0.2, -0.15) is 0 Å². The Morgan fingerprint density at radius 2 is 2.15 bits per heavy atom. The number of amides is 2. The maximum atomic E-state index is 11.9. The molecule has 1 aliphatic heterocycles. The number of nitrogens with one attached hydrogen (secondary N) is 2. The third-order valence-electron chi connectivity index (χ3n) is 3.11. The molecule has 7 nitrogen and oxygen atoms in total. The molecular weight excluding hydrogens is 260 g/mol. The minimum Gasteiger partial charge on any atom is -0.423 e. The van der Waals surface area contributed by atoms with Gasteiger partial charge < -0.3 is 15.1 Å². The molecule has 0 spiro atoms. The molecule has 1 aliphatic rings. The summed E-state index contributed by atoms with van der Waals surface area (Å²) >= 11 is 0. The number of carbonyl (C=O) groups excluding carboxylic acids is 2. The largest absolute Gasteiger partial charge is 0.423 e. The van der Waals surface area contributed by atoms with Crippen LogP contribution in [0.4, 0.5) is 5.69 Å². The highest BCUT2D eigenvalue weighted by Gasteiger charge is 2.27. The van der Waals surface area contributed by atoms with Crippen molar-refractivity contribution in [2.75, 3.05) is 11.9 Å². The zero-order valence-electron chi connectivity index (χ0n) is 10.5. The fourth-order valence-corrected chi connectivity index (χ4v) is 2.03. The van der Waals surface area contributed by atoms with Crippen molar-refractivity contribution < 1.29 is 14.0 Å². The average molecular weight is 272 g/mol. The van der Waals surface area contributed by atoms with Crippen LogP contribution in [0.1, 0.15) is 6.42 Å². The van der Waals surface area contributed by atoms with Crippen LogP contribution in [-0.4, -0.2) is 28.6 Å². The predicted molar refractivity (Wildman–Crippen MR) is 69.5 cm³/mol. The second-order valence-corrected chi connectivity index (χ2v) is 4.52. The molecule has 2 amide bonds. The number of hydrogen-bond acceptors (Lipinski definition) is 5. The lowest BCUT2D eigenvalue weighted by Crippen LogP contribution is -2.24. The second kappa shape index (κ2) is 5.12. The maximum absolute atomic E-state index is 11.9. The van der Waals surface area contributed by atoms with E-state index >= 15 is 0 Å². The fourth-order valence-electron chi connectivity index (χ4n) is 2.03. The summed E-state index contributed by atoms with van der Waals surface area (Å²) in [6, 6.07) is 7.06. The molecule has 1 aromatic heterocycles. The van der Waals surface area contributed by atoms with Crippen LogP contribution in [0.2, 0.25) is 0 Å². The third kappa shape index (κ3) is 2.51. The molecule has 1 atom stereocenters. The van der Waals surface area contributed by atoms with Crippen molar-refractivity contribution >= 4 is 17.5 Å². The van der Waals surface area contributed by atoms with Gasteiger partial charge in [-0.15, -0.1) is 10.2 Å². The van der Waals surface area contributed by atoms with Crippen LogP contribution in [0.3, 0.4) is 0 Å². The Labute approximate surface area is 114 Å². The van der Waals surface area contributed by atoms with Gasteiger partial charge in [0.1, 0.15) is 0 Å². The van der Waals surface area contributed by atoms with E-state index in [9.17, 15) is 9.59 Å². The van der Waals surface area contributed by atoms with E-state index in [0.29, 0.717) is 18.1 Å². The van der Waals surface area contributed by atoms with Crippen molar-refractivity contribution in [2.24, 2.45) is 5.92 Å². The second-order valence-electron chi connectivity index (χ2n) is 4.52. The van der Waals surface area contributed by atoms with Crippen molar-refractivity contribution in [2.45, 2.75) is 6.42 Å². The van der Waals surface area contributed by atoms with Crippen molar-refractivity contribution in [1.29, 1.82) is 0 Å². The molecule has 1 saturated heterocycles. The van der Waals surface area contributed by atoms with E-state index in [1.165, 1.54) is 6.39 Å². The van der Waals surface area contributed by atoms with E-state index in [4.69, 9.17) is 4.42 Å². The lowest BCUT2D eigenvalue weighted by atomic mass is 10.1. The molecule has 2 heterocycles.